The van der Waals surface area contributed by atoms with Gasteiger partial charge in [-0.3, -0.25) is 0 Å². The molecule has 1 fully saturated rings. The topological polar surface area (TPSA) is 50.3 Å². The first-order chi connectivity index (χ1) is 9.83. The highest BCUT2D eigenvalue weighted by Gasteiger charge is 2.14. The number of anilines is 3. The van der Waals surface area contributed by atoms with Crippen molar-refractivity contribution in [2.75, 3.05) is 36.5 Å². The van der Waals surface area contributed by atoms with Crippen LogP contribution in [0.5, 0.6) is 0 Å². The van der Waals surface area contributed by atoms with Crippen molar-refractivity contribution >= 4 is 29.1 Å². The summed E-state index contributed by atoms with van der Waals surface area (Å²) in [6, 6.07) is 9.41. The normalized spacial score (nSPS) is 15.2. The molecule has 2 aromatic rings. The number of nitrogens with zero attached hydrogens (tertiary/aromatic N) is 3. The van der Waals surface area contributed by atoms with Gasteiger partial charge in [-0.2, -0.15) is 4.98 Å². The maximum Gasteiger partial charge on any atom is 0.227 e. The highest BCUT2D eigenvalue weighted by Crippen LogP contribution is 2.24. The molecule has 1 aromatic carbocycles. The van der Waals surface area contributed by atoms with Gasteiger partial charge in [-0.1, -0.05) is 23.7 Å². The van der Waals surface area contributed by atoms with E-state index in [0.717, 1.165) is 24.6 Å². The second-order valence-electron chi connectivity index (χ2n) is 4.45. The van der Waals surface area contributed by atoms with Crippen LogP contribution in [0.2, 0.25) is 5.02 Å². The molecule has 5 nitrogen and oxygen atoms in total. The molecule has 0 saturated carbocycles. The maximum absolute atomic E-state index is 6.13. The Labute approximate surface area is 122 Å². The van der Waals surface area contributed by atoms with Gasteiger partial charge in [0.05, 0.1) is 23.9 Å². The van der Waals surface area contributed by atoms with Crippen LogP contribution in [0.1, 0.15) is 0 Å². The number of benzene rings is 1. The minimum atomic E-state index is 0.666. The van der Waals surface area contributed by atoms with Crippen molar-refractivity contribution in [2.24, 2.45) is 0 Å². The SMILES string of the molecule is Clc1ccccc1Nc1ccnc(N2CCOCC2)n1. The second kappa shape index (κ2) is 6.07. The van der Waals surface area contributed by atoms with Crippen molar-refractivity contribution in [3.63, 3.8) is 0 Å². The molecule has 1 aromatic heterocycles. The predicted octanol–water partition coefficient (Wildman–Crippen LogP) is 2.71. The molecule has 1 N–H and O–H groups in total. The molecule has 0 spiro atoms. The van der Waals surface area contributed by atoms with Crippen LogP contribution in [0, 0.1) is 0 Å². The lowest BCUT2D eigenvalue weighted by Crippen LogP contribution is -2.37. The lowest BCUT2D eigenvalue weighted by atomic mass is 10.3. The van der Waals surface area contributed by atoms with Gasteiger partial charge in [0.25, 0.3) is 0 Å². The van der Waals surface area contributed by atoms with Crippen molar-refractivity contribution in [3.05, 3.63) is 41.6 Å². The molecule has 0 aliphatic carbocycles. The number of halogens is 1. The first kappa shape index (κ1) is 13.1. The number of hydrogen-bond donors (Lipinski definition) is 1. The molecule has 6 heteroatoms. The summed E-state index contributed by atoms with van der Waals surface area (Å²) < 4.78 is 5.33. The molecule has 2 heterocycles. The second-order valence-corrected chi connectivity index (χ2v) is 4.85. The monoisotopic (exact) mass is 290 g/mol. The molecular weight excluding hydrogens is 276 g/mol. The fraction of sp³-hybridized carbons (Fsp3) is 0.286. The maximum atomic E-state index is 6.13. The summed E-state index contributed by atoms with van der Waals surface area (Å²) in [4.78, 5) is 10.9. The van der Waals surface area contributed by atoms with Crippen LogP contribution >= 0.6 is 11.6 Å². The van der Waals surface area contributed by atoms with Crippen LogP contribution in [0.15, 0.2) is 36.5 Å². The van der Waals surface area contributed by atoms with E-state index in [0.29, 0.717) is 24.2 Å². The summed E-state index contributed by atoms with van der Waals surface area (Å²) >= 11 is 6.13. The van der Waals surface area contributed by atoms with Crippen LogP contribution in [-0.2, 0) is 4.74 Å². The first-order valence-electron chi connectivity index (χ1n) is 6.50. The zero-order chi connectivity index (χ0) is 13.8. The van der Waals surface area contributed by atoms with Crippen molar-refractivity contribution in [2.45, 2.75) is 0 Å². The van der Waals surface area contributed by atoms with E-state index in [1.54, 1.807) is 6.20 Å². The zero-order valence-electron chi connectivity index (χ0n) is 10.9. The van der Waals surface area contributed by atoms with Gasteiger partial charge in [0.15, 0.2) is 0 Å². The summed E-state index contributed by atoms with van der Waals surface area (Å²) in [5, 5.41) is 3.88. The van der Waals surface area contributed by atoms with Crippen LogP contribution in [0.3, 0.4) is 0 Å². The molecule has 0 unspecified atom stereocenters. The van der Waals surface area contributed by atoms with E-state index in [4.69, 9.17) is 16.3 Å². The molecule has 0 amide bonds. The number of nitrogens with one attached hydrogen (secondary N) is 1. The summed E-state index contributed by atoms with van der Waals surface area (Å²) in [6.07, 6.45) is 1.75. The third-order valence-corrected chi connectivity index (χ3v) is 3.40. The molecule has 1 aliphatic heterocycles. The standard InChI is InChI=1S/C14H15ClN4O/c15-11-3-1-2-4-12(11)17-13-5-6-16-14(18-13)19-7-9-20-10-8-19/h1-6H,7-10H2,(H,16,17,18). The van der Waals surface area contributed by atoms with Crippen molar-refractivity contribution in [1.82, 2.24) is 9.97 Å². The Bertz CT molecular complexity index is 587. The Balaban J connectivity index is 1.79. The molecule has 0 radical (unpaired) electrons. The van der Waals surface area contributed by atoms with Crippen molar-refractivity contribution < 1.29 is 4.74 Å². The van der Waals surface area contributed by atoms with Gasteiger partial charge < -0.3 is 15.0 Å². The first-order valence-corrected chi connectivity index (χ1v) is 6.88. The van der Waals surface area contributed by atoms with E-state index in [-0.39, 0.29) is 0 Å². The summed E-state index contributed by atoms with van der Waals surface area (Å²) in [6.45, 7) is 3.06. The smallest absolute Gasteiger partial charge is 0.227 e. The number of aromatic nitrogens is 2. The van der Waals surface area contributed by atoms with E-state index in [2.05, 4.69) is 20.2 Å². The van der Waals surface area contributed by atoms with E-state index in [1.165, 1.54) is 0 Å². The predicted molar refractivity (Wildman–Crippen MR) is 79.8 cm³/mol. The molecule has 0 atom stereocenters. The third kappa shape index (κ3) is 3.00. The van der Waals surface area contributed by atoms with Gasteiger partial charge >= 0.3 is 0 Å². The van der Waals surface area contributed by atoms with Crippen LogP contribution in [0.25, 0.3) is 0 Å². The van der Waals surface area contributed by atoms with Gasteiger partial charge in [-0.25, -0.2) is 4.98 Å². The summed E-state index contributed by atoms with van der Waals surface area (Å²) in [5.74, 6) is 1.44. The fourth-order valence-electron chi connectivity index (χ4n) is 2.03. The van der Waals surface area contributed by atoms with E-state index < -0.39 is 0 Å². The van der Waals surface area contributed by atoms with E-state index in [1.807, 2.05) is 30.3 Å². The Morgan fingerprint density at radius 3 is 2.75 bits per heavy atom. The molecule has 1 saturated heterocycles. The third-order valence-electron chi connectivity index (χ3n) is 3.07. The quantitative estimate of drug-likeness (QED) is 0.942. The van der Waals surface area contributed by atoms with Crippen molar-refractivity contribution in [3.8, 4) is 0 Å². The zero-order valence-corrected chi connectivity index (χ0v) is 11.7. The molecule has 104 valence electrons. The molecule has 1 aliphatic rings. The average molecular weight is 291 g/mol. The Hall–Kier alpha value is -1.85. The molecule has 3 rings (SSSR count). The summed E-state index contributed by atoms with van der Waals surface area (Å²) in [7, 11) is 0. The number of para-hydroxylation sites is 1. The largest absolute Gasteiger partial charge is 0.378 e. The van der Waals surface area contributed by atoms with Gasteiger partial charge in [0.2, 0.25) is 5.95 Å². The Morgan fingerprint density at radius 1 is 1.15 bits per heavy atom. The summed E-state index contributed by atoms with van der Waals surface area (Å²) in [5.41, 5.74) is 0.834. The van der Waals surface area contributed by atoms with Gasteiger partial charge in [0.1, 0.15) is 5.82 Å². The molecule has 0 bridgehead atoms. The van der Waals surface area contributed by atoms with Crippen LogP contribution in [-0.4, -0.2) is 36.3 Å². The van der Waals surface area contributed by atoms with E-state index in [9.17, 15) is 0 Å². The van der Waals surface area contributed by atoms with Crippen molar-refractivity contribution in [1.29, 1.82) is 0 Å². The van der Waals surface area contributed by atoms with Gasteiger partial charge in [-0.05, 0) is 18.2 Å². The Morgan fingerprint density at radius 2 is 1.95 bits per heavy atom. The van der Waals surface area contributed by atoms with Gasteiger partial charge in [0, 0.05) is 19.3 Å². The average Bonchev–Trinajstić information content (AvgIpc) is 2.51. The minimum Gasteiger partial charge on any atom is -0.378 e. The van der Waals surface area contributed by atoms with Gasteiger partial charge in [-0.15, -0.1) is 0 Å². The minimum absolute atomic E-state index is 0.666. The highest BCUT2D eigenvalue weighted by atomic mass is 35.5. The van der Waals surface area contributed by atoms with E-state index >= 15 is 0 Å². The lowest BCUT2D eigenvalue weighted by molar-refractivity contribution is 0.122. The number of rotatable bonds is 3. The fourth-order valence-corrected chi connectivity index (χ4v) is 2.22. The number of ether oxygens (including phenoxy) is 1. The lowest BCUT2D eigenvalue weighted by Gasteiger charge is -2.26. The molecule has 20 heavy (non-hydrogen) atoms. The highest BCUT2D eigenvalue weighted by molar-refractivity contribution is 6.33. The van der Waals surface area contributed by atoms with Crippen LogP contribution in [0.4, 0.5) is 17.5 Å². The number of morpholine rings is 1. The van der Waals surface area contributed by atoms with Crippen LogP contribution < -0.4 is 10.2 Å². The Kier molecular flexibility index (Phi) is 3.99. The molecular formula is C14H15ClN4O. The number of hydrogen-bond acceptors (Lipinski definition) is 5.